The van der Waals surface area contributed by atoms with Crippen molar-refractivity contribution in [2.24, 2.45) is 0 Å². The Hall–Kier alpha value is -2.15. The molecule has 0 bridgehead atoms. The average molecular weight is 252 g/mol. The lowest BCUT2D eigenvalue weighted by Gasteiger charge is -1.94. The molecule has 0 aliphatic heterocycles. The van der Waals surface area contributed by atoms with E-state index in [9.17, 15) is 4.79 Å². The van der Waals surface area contributed by atoms with Crippen LogP contribution in [0.3, 0.4) is 0 Å². The summed E-state index contributed by atoms with van der Waals surface area (Å²) in [5.41, 5.74) is 4.34. The summed E-state index contributed by atoms with van der Waals surface area (Å²) in [5.74, 6) is 0. The van der Waals surface area contributed by atoms with Crippen molar-refractivity contribution in [3.05, 3.63) is 77.4 Å². The second-order valence-electron chi connectivity index (χ2n) is 4.29. The third-order valence-corrected chi connectivity index (χ3v) is 2.87. The molecule has 0 aromatic heterocycles. The van der Waals surface area contributed by atoms with Crippen molar-refractivity contribution in [3.8, 4) is 0 Å². The molecule has 0 radical (unpaired) electrons. The van der Waals surface area contributed by atoms with Gasteiger partial charge in [0, 0.05) is 5.56 Å². The molecule has 1 nitrogen and oxygen atoms in total. The van der Waals surface area contributed by atoms with Gasteiger partial charge >= 0.3 is 0 Å². The number of benzene rings is 2. The first-order chi connectivity index (χ1) is 9.21. The molecule has 0 spiro atoms. The van der Waals surface area contributed by atoms with Crippen molar-refractivity contribution in [3.63, 3.8) is 0 Å². The fourth-order valence-electron chi connectivity index (χ4n) is 1.63. The summed E-state index contributed by atoms with van der Waals surface area (Å²) >= 11 is 0. The van der Waals surface area contributed by atoms with Crippen molar-refractivity contribution in [1.29, 1.82) is 0 Å². The molecule has 98 valence electrons. The second kappa shape index (κ2) is 8.04. The number of rotatable bonds is 3. The van der Waals surface area contributed by atoms with Crippen LogP contribution in [0.15, 0.2) is 55.1 Å². The summed E-state index contributed by atoms with van der Waals surface area (Å²) in [4.78, 5) is 10.3. The maximum atomic E-state index is 10.3. The number of carbonyl (C=O) groups is 1. The van der Waals surface area contributed by atoms with Gasteiger partial charge in [-0.25, -0.2) is 0 Å². The minimum absolute atomic E-state index is 0.692. The molecule has 2 aromatic carbocycles. The number of hydrogen-bond donors (Lipinski definition) is 0. The van der Waals surface area contributed by atoms with Gasteiger partial charge < -0.3 is 0 Å². The van der Waals surface area contributed by atoms with E-state index in [4.69, 9.17) is 0 Å². The van der Waals surface area contributed by atoms with Gasteiger partial charge in [0.2, 0.25) is 0 Å². The monoisotopic (exact) mass is 252 g/mol. The summed E-state index contributed by atoms with van der Waals surface area (Å²) in [7, 11) is 0. The first-order valence-corrected chi connectivity index (χ1v) is 6.43. The van der Waals surface area contributed by atoms with Crippen LogP contribution in [0.2, 0.25) is 0 Å². The number of aryl methyl sites for hydroxylation is 2. The third kappa shape index (κ3) is 4.92. The Morgan fingerprint density at radius 1 is 1.00 bits per heavy atom. The number of hydrogen-bond acceptors (Lipinski definition) is 1. The highest BCUT2D eigenvalue weighted by molar-refractivity contribution is 5.81. The van der Waals surface area contributed by atoms with Crippen LogP contribution in [0.4, 0.5) is 0 Å². The van der Waals surface area contributed by atoms with Crippen LogP contribution in [-0.4, -0.2) is 6.29 Å². The zero-order valence-electron chi connectivity index (χ0n) is 11.6. The molecule has 0 saturated heterocycles. The molecular formula is C18H20O. The Bertz CT molecular complexity index is 497. The smallest absolute Gasteiger partial charge is 0.150 e. The van der Waals surface area contributed by atoms with Gasteiger partial charge in [-0.3, -0.25) is 4.79 Å². The van der Waals surface area contributed by atoms with Gasteiger partial charge in [-0.2, -0.15) is 0 Å². The molecule has 0 saturated carbocycles. The Labute approximate surface area is 115 Å². The highest BCUT2D eigenvalue weighted by atomic mass is 16.1. The molecule has 0 aliphatic rings. The van der Waals surface area contributed by atoms with Crippen LogP contribution >= 0.6 is 0 Å². The van der Waals surface area contributed by atoms with Crippen molar-refractivity contribution >= 4 is 12.4 Å². The minimum Gasteiger partial charge on any atom is -0.298 e. The summed E-state index contributed by atoms with van der Waals surface area (Å²) in [6.45, 7) is 7.86. The summed E-state index contributed by atoms with van der Waals surface area (Å²) in [6.07, 6.45) is 3.64. The molecule has 0 aliphatic carbocycles. The summed E-state index contributed by atoms with van der Waals surface area (Å²) in [6, 6.07) is 16.0. The van der Waals surface area contributed by atoms with E-state index in [1.807, 2.05) is 18.2 Å². The van der Waals surface area contributed by atoms with Gasteiger partial charge in [0.15, 0.2) is 6.29 Å². The van der Waals surface area contributed by atoms with Gasteiger partial charge in [0.05, 0.1) is 0 Å². The van der Waals surface area contributed by atoms with Gasteiger partial charge in [-0.15, -0.1) is 0 Å². The van der Waals surface area contributed by atoms with E-state index in [0.717, 1.165) is 18.3 Å². The Morgan fingerprint density at radius 3 is 2.00 bits per heavy atom. The standard InChI is InChI=1S/C9H8O.C9H12/c1-2-8-5-3-4-6-9(8)7-10;1-3-9-6-4-8(2)5-7-9/h2-7H,1H2;4-7H,3H2,1-2H3. The van der Waals surface area contributed by atoms with E-state index in [1.165, 1.54) is 11.1 Å². The van der Waals surface area contributed by atoms with E-state index in [2.05, 4.69) is 44.7 Å². The number of aldehydes is 1. The highest BCUT2D eigenvalue weighted by Gasteiger charge is 1.92. The molecule has 1 heteroatoms. The second-order valence-corrected chi connectivity index (χ2v) is 4.29. The van der Waals surface area contributed by atoms with Crippen molar-refractivity contribution < 1.29 is 4.79 Å². The lowest BCUT2D eigenvalue weighted by Crippen LogP contribution is -1.82. The van der Waals surface area contributed by atoms with Crippen molar-refractivity contribution in [2.45, 2.75) is 20.3 Å². The average Bonchev–Trinajstić information content (AvgIpc) is 2.48. The topological polar surface area (TPSA) is 17.1 Å². The van der Waals surface area contributed by atoms with E-state index < -0.39 is 0 Å². The van der Waals surface area contributed by atoms with Gasteiger partial charge in [0.25, 0.3) is 0 Å². The van der Waals surface area contributed by atoms with Crippen LogP contribution in [0, 0.1) is 6.92 Å². The SMILES string of the molecule is C=Cc1ccccc1C=O.CCc1ccc(C)cc1. The lowest BCUT2D eigenvalue weighted by atomic mass is 10.1. The predicted octanol–water partition coefficient (Wildman–Crippen LogP) is 4.70. The van der Waals surface area contributed by atoms with E-state index in [0.29, 0.717) is 5.56 Å². The van der Waals surface area contributed by atoms with Gasteiger partial charge in [-0.1, -0.05) is 73.7 Å². The fraction of sp³-hybridized carbons (Fsp3) is 0.167. The van der Waals surface area contributed by atoms with Gasteiger partial charge in [0.1, 0.15) is 0 Å². The predicted molar refractivity (Wildman–Crippen MR) is 82.5 cm³/mol. The fourth-order valence-corrected chi connectivity index (χ4v) is 1.63. The minimum atomic E-state index is 0.692. The Kier molecular flexibility index (Phi) is 6.31. The van der Waals surface area contributed by atoms with E-state index in [-0.39, 0.29) is 0 Å². The van der Waals surface area contributed by atoms with Crippen LogP contribution in [0.5, 0.6) is 0 Å². The molecule has 2 rings (SSSR count). The Morgan fingerprint density at radius 2 is 1.58 bits per heavy atom. The molecule has 0 fully saturated rings. The zero-order chi connectivity index (χ0) is 14.1. The molecule has 0 heterocycles. The molecule has 2 aromatic rings. The summed E-state index contributed by atoms with van der Waals surface area (Å²) in [5, 5.41) is 0. The van der Waals surface area contributed by atoms with Gasteiger partial charge in [-0.05, 0) is 24.5 Å². The molecular weight excluding hydrogens is 232 g/mol. The quantitative estimate of drug-likeness (QED) is 0.724. The van der Waals surface area contributed by atoms with E-state index >= 15 is 0 Å². The number of carbonyl (C=O) groups excluding carboxylic acids is 1. The van der Waals surface area contributed by atoms with Crippen LogP contribution in [-0.2, 0) is 6.42 Å². The molecule has 0 N–H and O–H groups in total. The maximum absolute atomic E-state index is 10.3. The first-order valence-electron chi connectivity index (χ1n) is 6.43. The normalized spacial score (nSPS) is 9.16. The van der Waals surface area contributed by atoms with Crippen molar-refractivity contribution in [1.82, 2.24) is 0 Å². The van der Waals surface area contributed by atoms with Crippen molar-refractivity contribution in [2.75, 3.05) is 0 Å². The van der Waals surface area contributed by atoms with Crippen LogP contribution in [0.1, 0.15) is 34.0 Å². The highest BCUT2D eigenvalue weighted by Crippen LogP contribution is 2.06. The molecule has 0 unspecified atom stereocenters. The summed E-state index contributed by atoms with van der Waals surface area (Å²) < 4.78 is 0. The van der Waals surface area contributed by atoms with Crippen LogP contribution in [0.25, 0.3) is 6.08 Å². The maximum Gasteiger partial charge on any atom is 0.150 e. The van der Waals surface area contributed by atoms with Crippen LogP contribution < -0.4 is 0 Å². The lowest BCUT2D eigenvalue weighted by molar-refractivity contribution is 0.112. The largest absolute Gasteiger partial charge is 0.298 e. The zero-order valence-corrected chi connectivity index (χ0v) is 11.6. The third-order valence-electron chi connectivity index (χ3n) is 2.87. The van der Waals surface area contributed by atoms with E-state index in [1.54, 1.807) is 12.1 Å². The first kappa shape index (κ1) is 14.9. The molecule has 0 amide bonds. The molecule has 19 heavy (non-hydrogen) atoms. The molecule has 0 atom stereocenters. The Balaban J connectivity index is 0.000000191.